The predicted molar refractivity (Wildman–Crippen MR) is 111 cm³/mol. The Morgan fingerprint density at radius 2 is 1.79 bits per heavy atom. The highest BCUT2D eigenvalue weighted by Crippen LogP contribution is 2.69. The summed E-state index contributed by atoms with van der Waals surface area (Å²) in [5.41, 5.74) is -1.25. The number of fused-ring (bicyclic) bond motifs is 5. The van der Waals surface area contributed by atoms with Crippen LogP contribution < -0.4 is 0 Å². The molecule has 0 spiro atoms. The Morgan fingerprint density at radius 3 is 2.38 bits per heavy atom. The first-order chi connectivity index (χ1) is 13.3. The molecule has 1 aromatic carbocycles. The lowest BCUT2D eigenvalue weighted by Gasteiger charge is -2.45. The van der Waals surface area contributed by atoms with Gasteiger partial charge in [0.1, 0.15) is 11.2 Å². The number of benzene rings is 1. The number of carbonyl (C=O) groups excluding carboxylic acids is 1. The van der Waals surface area contributed by atoms with Crippen molar-refractivity contribution in [1.82, 2.24) is 4.90 Å². The molecule has 1 aromatic rings. The van der Waals surface area contributed by atoms with Crippen LogP contribution >= 0.6 is 0 Å². The quantitative estimate of drug-likeness (QED) is 0.782. The highest BCUT2D eigenvalue weighted by molar-refractivity contribution is 5.70. The topological polar surface area (TPSA) is 59.0 Å². The first kappa shape index (κ1) is 20.7. The van der Waals surface area contributed by atoms with Gasteiger partial charge in [-0.1, -0.05) is 51.1 Å². The molecular weight excluding hydrogens is 366 g/mol. The standard InChI is InChI=1S/C24H35NO4/c1-21(2,3)29-20(26)25-18-17(16-13-14-23(18,6)22(16,4)5)28-19(25)24(7,27)15-11-9-8-10-12-15/h8-12,16-19,27H,13-14H2,1-7H3/t16-,17-,18-,19+,23+,24-/m1/s1. The molecule has 3 fully saturated rings. The summed E-state index contributed by atoms with van der Waals surface area (Å²) in [4.78, 5) is 15.2. The van der Waals surface area contributed by atoms with Crippen molar-refractivity contribution in [3.8, 4) is 0 Å². The third-order valence-corrected chi connectivity index (χ3v) is 8.02. The molecular formula is C24H35NO4. The van der Waals surface area contributed by atoms with E-state index in [0.717, 1.165) is 18.4 Å². The van der Waals surface area contributed by atoms with Crippen molar-refractivity contribution in [3.63, 3.8) is 0 Å². The maximum Gasteiger partial charge on any atom is 0.412 e. The summed E-state index contributed by atoms with van der Waals surface area (Å²) in [5, 5.41) is 11.6. The zero-order valence-corrected chi connectivity index (χ0v) is 18.7. The molecule has 6 atom stereocenters. The van der Waals surface area contributed by atoms with Crippen LogP contribution in [-0.2, 0) is 15.1 Å². The molecule has 1 heterocycles. The van der Waals surface area contributed by atoms with Gasteiger partial charge in [-0.2, -0.15) is 0 Å². The fourth-order valence-corrected chi connectivity index (χ4v) is 6.09. The molecule has 1 amide bonds. The Hall–Kier alpha value is -1.59. The molecule has 0 radical (unpaired) electrons. The minimum atomic E-state index is -1.34. The number of carbonyl (C=O) groups is 1. The second-order valence-electron chi connectivity index (χ2n) is 11.1. The fourth-order valence-electron chi connectivity index (χ4n) is 6.09. The van der Waals surface area contributed by atoms with E-state index >= 15 is 0 Å². The van der Waals surface area contributed by atoms with Crippen molar-refractivity contribution < 1.29 is 19.4 Å². The first-order valence-corrected chi connectivity index (χ1v) is 10.8. The van der Waals surface area contributed by atoms with Crippen molar-refractivity contribution in [2.75, 3.05) is 0 Å². The predicted octanol–water partition coefficient (Wildman–Crippen LogP) is 4.68. The third kappa shape index (κ3) is 2.84. The van der Waals surface area contributed by atoms with E-state index in [1.54, 1.807) is 11.8 Å². The van der Waals surface area contributed by atoms with Crippen molar-refractivity contribution >= 4 is 6.09 Å². The summed E-state index contributed by atoms with van der Waals surface area (Å²) in [6.45, 7) is 14.2. The summed E-state index contributed by atoms with van der Waals surface area (Å²) >= 11 is 0. The van der Waals surface area contributed by atoms with Gasteiger partial charge in [-0.3, -0.25) is 4.90 Å². The van der Waals surface area contributed by atoms with E-state index in [2.05, 4.69) is 20.8 Å². The van der Waals surface area contributed by atoms with Gasteiger partial charge in [0.05, 0.1) is 12.1 Å². The van der Waals surface area contributed by atoms with E-state index in [-0.39, 0.29) is 23.0 Å². The van der Waals surface area contributed by atoms with E-state index in [4.69, 9.17) is 9.47 Å². The van der Waals surface area contributed by atoms with Gasteiger partial charge >= 0.3 is 6.09 Å². The molecule has 4 rings (SSSR count). The third-order valence-electron chi connectivity index (χ3n) is 8.02. The number of rotatable bonds is 2. The Labute approximate surface area is 174 Å². The molecule has 0 unspecified atom stereocenters. The summed E-state index contributed by atoms with van der Waals surface area (Å²) < 4.78 is 12.4. The molecule has 5 nitrogen and oxygen atoms in total. The summed E-state index contributed by atoms with van der Waals surface area (Å²) in [5.74, 6) is 0.360. The second kappa shape index (κ2) is 6.21. The number of hydrogen-bond donors (Lipinski definition) is 1. The highest BCUT2D eigenvalue weighted by atomic mass is 16.6. The van der Waals surface area contributed by atoms with Gasteiger partial charge in [0.25, 0.3) is 0 Å². The Balaban J connectivity index is 1.78. The number of aliphatic hydroxyl groups is 1. The summed E-state index contributed by atoms with van der Waals surface area (Å²) in [6.07, 6.45) is 0.861. The normalized spacial score (nSPS) is 37.3. The SMILES string of the molecule is CC(C)(C)OC(=O)N1[C@H]([C@](C)(O)c2ccccc2)O[C@@H]2[C@H]3CC[C@@](C)([C@@H]21)C3(C)C. The van der Waals surface area contributed by atoms with Crippen LogP contribution in [0.25, 0.3) is 0 Å². The van der Waals surface area contributed by atoms with Crippen LogP contribution in [0.4, 0.5) is 4.79 Å². The van der Waals surface area contributed by atoms with E-state index < -0.39 is 23.5 Å². The number of ether oxygens (including phenoxy) is 2. The number of hydrogen-bond acceptors (Lipinski definition) is 4. The van der Waals surface area contributed by atoms with Crippen LogP contribution in [-0.4, -0.2) is 40.1 Å². The molecule has 5 heteroatoms. The van der Waals surface area contributed by atoms with Gasteiger partial charge in [-0.25, -0.2) is 4.79 Å². The lowest BCUT2D eigenvalue weighted by atomic mass is 9.68. The Kier molecular flexibility index (Phi) is 4.43. The molecule has 3 aliphatic rings. The molecule has 2 bridgehead atoms. The molecule has 160 valence electrons. The van der Waals surface area contributed by atoms with E-state index in [1.807, 2.05) is 51.1 Å². The number of nitrogens with zero attached hydrogens (tertiary/aromatic N) is 1. The molecule has 2 aliphatic carbocycles. The van der Waals surface area contributed by atoms with Gasteiger partial charge in [0, 0.05) is 0 Å². The largest absolute Gasteiger partial charge is 0.444 e. The zero-order valence-electron chi connectivity index (χ0n) is 18.7. The summed E-state index contributed by atoms with van der Waals surface area (Å²) in [7, 11) is 0. The van der Waals surface area contributed by atoms with Gasteiger partial charge < -0.3 is 14.6 Å². The van der Waals surface area contributed by atoms with Crippen LogP contribution in [0.5, 0.6) is 0 Å². The van der Waals surface area contributed by atoms with E-state index in [0.29, 0.717) is 5.92 Å². The van der Waals surface area contributed by atoms with Crippen molar-refractivity contribution in [3.05, 3.63) is 35.9 Å². The van der Waals surface area contributed by atoms with Crippen molar-refractivity contribution in [2.45, 2.75) is 90.9 Å². The average Bonchev–Trinajstić information content (AvgIpc) is 3.17. The van der Waals surface area contributed by atoms with E-state index in [1.165, 1.54) is 0 Å². The lowest BCUT2D eigenvalue weighted by molar-refractivity contribution is -0.153. The fraction of sp³-hybridized carbons (Fsp3) is 0.708. The van der Waals surface area contributed by atoms with Crippen LogP contribution in [0.15, 0.2) is 30.3 Å². The van der Waals surface area contributed by atoms with Crippen LogP contribution in [0.2, 0.25) is 0 Å². The minimum absolute atomic E-state index is 0.0617. The molecule has 29 heavy (non-hydrogen) atoms. The number of amides is 1. The van der Waals surface area contributed by atoms with Crippen molar-refractivity contribution in [2.24, 2.45) is 16.7 Å². The van der Waals surface area contributed by atoms with Crippen LogP contribution in [0.1, 0.15) is 66.9 Å². The summed E-state index contributed by atoms with van der Waals surface area (Å²) in [6, 6.07) is 9.36. The monoisotopic (exact) mass is 401 g/mol. The van der Waals surface area contributed by atoms with Crippen molar-refractivity contribution in [1.29, 1.82) is 0 Å². The van der Waals surface area contributed by atoms with E-state index in [9.17, 15) is 9.90 Å². The smallest absolute Gasteiger partial charge is 0.412 e. The Morgan fingerprint density at radius 1 is 1.17 bits per heavy atom. The maximum absolute atomic E-state index is 13.4. The van der Waals surface area contributed by atoms with Crippen LogP contribution in [0, 0.1) is 16.7 Å². The van der Waals surface area contributed by atoms with Gasteiger partial charge in [-0.15, -0.1) is 0 Å². The van der Waals surface area contributed by atoms with Gasteiger partial charge in [0.15, 0.2) is 6.23 Å². The second-order valence-corrected chi connectivity index (χ2v) is 11.1. The molecule has 1 saturated heterocycles. The molecule has 1 N–H and O–H groups in total. The zero-order chi connectivity index (χ0) is 21.4. The van der Waals surface area contributed by atoms with Gasteiger partial charge in [-0.05, 0) is 62.8 Å². The maximum atomic E-state index is 13.4. The highest BCUT2D eigenvalue weighted by Gasteiger charge is 2.73. The lowest BCUT2D eigenvalue weighted by Crippen LogP contribution is -2.57. The average molecular weight is 402 g/mol. The first-order valence-electron chi connectivity index (χ1n) is 10.8. The van der Waals surface area contributed by atoms with Gasteiger partial charge in [0.2, 0.25) is 0 Å². The molecule has 0 aromatic heterocycles. The minimum Gasteiger partial charge on any atom is -0.444 e. The molecule has 2 saturated carbocycles. The van der Waals surface area contributed by atoms with Crippen LogP contribution in [0.3, 0.4) is 0 Å². The Bertz CT molecular complexity index is 797. The molecule has 1 aliphatic heterocycles.